The number of nitrogens with zero attached hydrogens (tertiary/aromatic N) is 6. The zero-order chi connectivity index (χ0) is 44.3. The lowest BCUT2D eigenvalue weighted by Gasteiger charge is -2.48. The Kier molecular flexibility index (Phi) is 19.9. The summed E-state index contributed by atoms with van der Waals surface area (Å²) in [5.41, 5.74) is 9.93. The second-order valence-corrected chi connectivity index (χ2v) is 18.1. The van der Waals surface area contributed by atoms with Gasteiger partial charge in [0.15, 0.2) is 0 Å². The average Bonchev–Trinajstić information content (AvgIpc) is 3.93. The first-order chi connectivity index (χ1) is 27.0. The molecular weight excluding hydrogens is 970 g/mol. The van der Waals surface area contributed by atoms with E-state index in [1.807, 2.05) is 88.9 Å². The molecule has 2 aliphatic carbocycles. The molecule has 0 radical (unpaired) electrons. The van der Waals surface area contributed by atoms with Crippen molar-refractivity contribution in [1.29, 1.82) is 0 Å². The van der Waals surface area contributed by atoms with E-state index in [1.54, 1.807) is 0 Å². The van der Waals surface area contributed by atoms with E-state index in [-0.39, 0.29) is 93.5 Å². The molecule has 0 spiro atoms. The third kappa shape index (κ3) is 9.74. The molecule has 2 amide bonds. The van der Waals surface area contributed by atoms with E-state index in [0.29, 0.717) is 0 Å². The summed E-state index contributed by atoms with van der Waals surface area (Å²) in [6, 6.07) is 17.4. The van der Waals surface area contributed by atoms with Crippen molar-refractivity contribution in [2.24, 2.45) is 14.1 Å². The smallest absolute Gasteiger partial charge is 0.257 e. The van der Waals surface area contributed by atoms with Gasteiger partial charge in [0, 0.05) is 61.5 Å². The van der Waals surface area contributed by atoms with Gasteiger partial charge >= 0.3 is 0 Å². The highest BCUT2D eigenvalue weighted by atomic mass is 127. The van der Waals surface area contributed by atoms with Crippen molar-refractivity contribution in [3.05, 3.63) is 105 Å². The Bertz CT molecular complexity index is 1910. The summed E-state index contributed by atoms with van der Waals surface area (Å²) in [4.78, 5) is 31.2. The molecule has 0 saturated heterocycles. The highest BCUT2D eigenvalue weighted by Gasteiger charge is 2.51. The first kappa shape index (κ1) is 55.3. The molecule has 0 aliphatic heterocycles. The third-order valence-corrected chi connectivity index (χ3v) is 14.2. The number of aryl methyl sites for hydroxylation is 4. The van der Waals surface area contributed by atoms with Crippen LogP contribution < -0.4 is 0 Å². The SMILES string of the molecule is CC.CC.Cc1c(C(=O)N(C)C(C)(C)C2(C)CCc3ccccc32)c(C(C)C)nn1C.Cc1c(C(=O)N(C)C(C)(C)C2(C)CCc3ccccc32)c(C(C)C)nn1C.I.I. The van der Waals surface area contributed by atoms with Crippen LogP contribution in [0.2, 0.25) is 0 Å². The van der Waals surface area contributed by atoms with Crippen LogP contribution in [0.15, 0.2) is 48.5 Å². The summed E-state index contributed by atoms with van der Waals surface area (Å²) in [5.74, 6) is 0.561. The molecule has 8 nitrogen and oxygen atoms in total. The average molecular weight is 1050 g/mol. The number of carbonyl (C=O) groups is 2. The first-order valence-electron chi connectivity index (χ1n) is 21.8. The number of rotatable bonds is 8. The van der Waals surface area contributed by atoms with Crippen LogP contribution in [0.25, 0.3) is 0 Å². The van der Waals surface area contributed by atoms with E-state index < -0.39 is 0 Å². The fraction of sp³-hybridized carbons (Fsp3) is 0.600. The number of benzene rings is 2. The number of aromatic nitrogens is 4. The topological polar surface area (TPSA) is 76.3 Å². The van der Waals surface area contributed by atoms with Gasteiger partial charge in [0.1, 0.15) is 0 Å². The van der Waals surface area contributed by atoms with Gasteiger partial charge in [0.05, 0.1) is 22.5 Å². The predicted molar refractivity (Wildman–Crippen MR) is 274 cm³/mol. The first-order valence-corrected chi connectivity index (χ1v) is 21.8. The van der Waals surface area contributed by atoms with Crippen LogP contribution in [-0.2, 0) is 37.8 Å². The van der Waals surface area contributed by atoms with Crippen LogP contribution in [0.5, 0.6) is 0 Å². The van der Waals surface area contributed by atoms with Gasteiger partial charge in [-0.2, -0.15) is 10.2 Å². The quantitative estimate of drug-likeness (QED) is 0.165. The number of hydrogen-bond acceptors (Lipinski definition) is 4. The number of likely N-dealkylation sites (N-methyl/N-ethyl adjacent to an activating group) is 2. The standard InChI is InChI=1S/2C23H33N3O.2C2H6.2HI/c2*1-15(2)20-19(16(3)26(8)24-20)21(27)25(7)22(4,5)23(6)14-13-17-11-9-10-12-18(17)23;2*1-2;;/h2*9-12,15H,13-14H2,1-8H3;2*1-2H3;2*1H. The monoisotopic (exact) mass is 1050 g/mol. The van der Waals surface area contributed by atoms with Gasteiger partial charge in [-0.25, -0.2) is 0 Å². The Morgan fingerprint density at radius 1 is 0.617 bits per heavy atom. The van der Waals surface area contributed by atoms with Crippen molar-refractivity contribution in [1.82, 2.24) is 29.4 Å². The second-order valence-electron chi connectivity index (χ2n) is 18.1. The van der Waals surface area contributed by atoms with Gasteiger partial charge in [-0.1, -0.05) is 118 Å². The normalized spacial score (nSPS) is 17.7. The van der Waals surface area contributed by atoms with Crippen molar-refractivity contribution < 1.29 is 9.59 Å². The molecule has 4 aromatic rings. The molecular formula is C50H80I2N6O2. The Morgan fingerprint density at radius 3 is 1.18 bits per heavy atom. The van der Waals surface area contributed by atoms with Crippen molar-refractivity contribution in [3.8, 4) is 0 Å². The van der Waals surface area contributed by atoms with Crippen LogP contribution in [0.3, 0.4) is 0 Å². The minimum atomic E-state index is -0.326. The molecule has 60 heavy (non-hydrogen) atoms. The van der Waals surface area contributed by atoms with E-state index in [2.05, 4.69) is 128 Å². The van der Waals surface area contributed by atoms with E-state index in [9.17, 15) is 9.59 Å². The summed E-state index contributed by atoms with van der Waals surface area (Å²) in [6.07, 6.45) is 4.25. The van der Waals surface area contributed by atoms with Gasteiger partial charge < -0.3 is 9.80 Å². The van der Waals surface area contributed by atoms with Gasteiger partial charge in [-0.3, -0.25) is 19.0 Å². The van der Waals surface area contributed by atoms with Crippen LogP contribution in [0.1, 0.15) is 187 Å². The Hall–Kier alpha value is -2.74. The van der Waals surface area contributed by atoms with Crippen LogP contribution in [0, 0.1) is 13.8 Å². The van der Waals surface area contributed by atoms with Crippen molar-refractivity contribution in [2.45, 2.75) is 170 Å². The summed E-state index contributed by atoms with van der Waals surface area (Å²) in [6.45, 7) is 33.8. The molecule has 0 bridgehead atoms. The largest absolute Gasteiger partial charge is 0.336 e. The van der Waals surface area contributed by atoms with Crippen molar-refractivity contribution in [2.75, 3.05) is 14.1 Å². The molecule has 336 valence electrons. The second kappa shape index (κ2) is 21.6. The van der Waals surface area contributed by atoms with Crippen LogP contribution >= 0.6 is 48.0 Å². The molecule has 10 heteroatoms. The zero-order valence-electron chi connectivity index (χ0n) is 40.9. The number of halogens is 2. The fourth-order valence-corrected chi connectivity index (χ4v) is 9.05. The summed E-state index contributed by atoms with van der Waals surface area (Å²) < 4.78 is 3.66. The number of amides is 2. The van der Waals surface area contributed by atoms with E-state index in [1.165, 1.54) is 22.3 Å². The van der Waals surface area contributed by atoms with E-state index >= 15 is 0 Å². The van der Waals surface area contributed by atoms with Gasteiger partial charge in [-0.05, 0) is 101 Å². The molecule has 2 aromatic heterocycles. The van der Waals surface area contributed by atoms with E-state index in [4.69, 9.17) is 0 Å². The van der Waals surface area contributed by atoms with Crippen LogP contribution in [0.4, 0.5) is 0 Å². The van der Waals surface area contributed by atoms with Crippen LogP contribution in [-0.4, -0.2) is 66.3 Å². The highest BCUT2D eigenvalue weighted by Crippen LogP contribution is 2.50. The molecule has 2 unspecified atom stereocenters. The molecule has 6 rings (SSSR count). The minimum Gasteiger partial charge on any atom is -0.336 e. The minimum absolute atomic E-state index is 0. The number of carbonyl (C=O) groups excluding carboxylic acids is 2. The Balaban J connectivity index is 0.000000538. The van der Waals surface area contributed by atoms with Gasteiger partial charge in [-0.15, -0.1) is 48.0 Å². The molecule has 0 saturated carbocycles. The third-order valence-electron chi connectivity index (χ3n) is 14.2. The fourth-order valence-electron chi connectivity index (χ4n) is 9.05. The van der Waals surface area contributed by atoms with Gasteiger partial charge in [0.25, 0.3) is 11.8 Å². The highest BCUT2D eigenvalue weighted by molar-refractivity contribution is 14.0. The Morgan fingerprint density at radius 2 is 0.900 bits per heavy atom. The maximum absolute atomic E-state index is 13.6. The number of fused-ring (bicyclic) bond motifs is 2. The molecule has 2 aromatic carbocycles. The zero-order valence-corrected chi connectivity index (χ0v) is 45.6. The van der Waals surface area contributed by atoms with E-state index in [0.717, 1.165) is 59.6 Å². The molecule has 2 aliphatic rings. The summed E-state index contributed by atoms with van der Waals surface area (Å²) >= 11 is 0. The number of hydrogen-bond donors (Lipinski definition) is 0. The van der Waals surface area contributed by atoms with Crippen molar-refractivity contribution >= 4 is 59.8 Å². The maximum Gasteiger partial charge on any atom is 0.257 e. The predicted octanol–water partition coefficient (Wildman–Crippen LogP) is 12.5. The van der Waals surface area contributed by atoms with Gasteiger partial charge in [0.2, 0.25) is 0 Å². The molecule has 0 N–H and O–H groups in total. The molecule has 0 fully saturated rings. The summed E-state index contributed by atoms with van der Waals surface area (Å²) in [5, 5.41) is 9.23. The molecule has 2 atom stereocenters. The lowest BCUT2D eigenvalue weighted by molar-refractivity contribution is 0.0419. The summed E-state index contributed by atoms with van der Waals surface area (Å²) in [7, 11) is 7.73. The molecule has 2 heterocycles. The lowest BCUT2D eigenvalue weighted by atomic mass is 9.68. The Labute approximate surface area is 399 Å². The van der Waals surface area contributed by atoms with Crippen molar-refractivity contribution in [3.63, 3.8) is 0 Å². The maximum atomic E-state index is 13.6. The lowest BCUT2D eigenvalue weighted by Crippen LogP contribution is -2.57.